The van der Waals surface area contributed by atoms with Crippen molar-refractivity contribution in [1.82, 2.24) is 9.55 Å². The normalized spacial score (nSPS) is 10.9. The van der Waals surface area contributed by atoms with Crippen molar-refractivity contribution in [3.8, 4) is 5.75 Å². The Morgan fingerprint density at radius 2 is 1.94 bits per heavy atom. The number of benzene rings is 1. The summed E-state index contributed by atoms with van der Waals surface area (Å²) in [5.41, 5.74) is 4.59. The minimum Gasteiger partial charge on any atom is -0.486 e. The molecule has 0 fully saturated rings. The summed E-state index contributed by atoms with van der Waals surface area (Å²) >= 11 is 0. The number of H-pyrrole nitrogens is 1. The third-order valence-electron chi connectivity index (χ3n) is 5.05. The van der Waals surface area contributed by atoms with Gasteiger partial charge in [-0.3, -0.25) is 24.0 Å². The van der Waals surface area contributed by atoms with Gasteiger partial charge in [0.2, 0.25) is 0 Å². The SMILES string of the molecule is CCCCn1c(N)c(N(CCOC)C(=O)c2ccc(COc3ccc(F)cc3)o2)c(=O)[nH]c1=O. The fourth-order valence-electron chi connectivity index (χ4n) is 3.26. The van der Waals surface area contributed by atoms with Crippen LogP contribution in [0, 0.1) is 5.82 Å². The molecule has 0 saturated heterocycles. The largest absolute Gasteiger partial charge is 0.486 e. The van der Waals surface area contributed by atoms with Crippen LogP contribution < -0.4 is 26.6 Å². The van der Waals surface area contributed by atoms with E-state index < -0.39 is 17.2 Å². The summed E-state index contributed by atoms with van der Waals surface area (Å²) in [7, 11) is 1.45. The maximum Gasteiger partial charge on any atom is 0.330 e. The fourth-order valence-corrected chi connectivity index (χ4v) is 3.26. The molecule has 0 atom stereocenters. The Morgan fingerprint density at radius 1 is 1.21 bits per heavy atom. The monoisotopic (exact) mass is 474 g/mol. The van der Waals surface area contributed by atoms with E-state index in [1.165, 1.54) is 42.0 Å². The second-order valence-corrected chi connectivity index (χ2v) is 7.46. The smallest absolute Gasteiger partial charge is 0.330 e. The number of hydrogen-bond donors (Lipinski definition) is 2. The molecule has 3 N–H and O–H groups in total. The van der Waals surface area contributed by atoms with Crippen LogP contribution in [0.3, 0.4) is 0 Å². The number of nitrogens with one attached hydrogen (secondary N) is 1. The molecule has 0 aliphatic rings. The molecule has 34 heavy (non-hydrogen) atoms. The van der Waals surface area contributed by atoms with Crippen molar-refractivity contribution in [2.24, 2.45) is 0 Å². The van der Waals surface area contributed by atoms with Crippen molar-refractivity contribution in [3.05, 3.63) is 74.6 Å². The lowest BCUT2D eigenvalue weighted by Crippen LogP contribution is -2.42. The van der Waals surface area contributed by atoms with Gasteiger partial charge in [0.1, 0.15) is 29.8 Å². The first-order valence-corrected chi connectivity index (χ1v) is 10.8. The van der Waals surface area contributed by atoms with Gasteiger partial charge in [0.15, 0.2) is 11.4 Å². The van der Waals surface area contributed by atoms with Crippen LogP contribution >= 0.6 is 0 Å². The number of carbonyl (C=O) groups excluding carboxylic acids is 1. The number of ether oxygens (including phenoxy) is 2. The van der Waals surface area contributed by atoms with E-state index in [0.717, 1.165) is 11.3 Å². The maximum atomic E-state index is 13.3. The molecule has 0 saturated carbocycles. The van der Waals surface area contributed by atoms with Crippen molar-refractivity contribution in [3.63, 3.8) is 0 Å². The zero-order chi connectivity index (χ0) is 24.7. The minimum absolute atomic E-state index is 0.00159. The van der Waals surface area contributed by atoms with E-state index >= 15 is 0 Å². The Balaban J connectivity index is 1.87. The highest BCUT2D eigenvalue weighted by Gasteiger charge is 2.27. The predicted octanol–water partition coefficient (Wildman–Crippen LogP) is 2.52. The number of aromatic nitrogens is 2. The number of anilines is 2. The van der Waals surface area contributed by atoms with Crippen LogP contribution in [0.4, 0.5) is 15.9 Å². The Labute approximate surface area is 194 Å². The van der Waals surface area contributed by atoms with Gasteiger partial charge in [-0.1, -0.05) is 13.3 Å². The van der Waals surface area contributed by atoms with E-state index in [-0.39, 0.29) is 42.8 Å². The summed E-state index contributed by atoms with van der Waals surface area (Å²) in [4.78, 5) is 41.6. The number of nitrogen functional groups attached to an aromatic ring is 1. The van der Waals surface area contributed by atoms with Crippen molar-refractivity contribution in [2.45, 2.75) is 32.9 Å². The first-order valence-electron chi connectivity index (χ1n) is 10.8. The van der Waals surface area contributed by atoms with Crippen LogP contribution in [-0.4, -0.2) is 35.7 Å². The van der Waals surface area contributed by atoms with Gasteiger partial charge in [0, 0.05) is 13.7 Å². The zero-order valence-electron chi connectivity index (χ0n) is 19.0. The number of rotatable bonds is 11. The average molecular weight is 474 g/mol. The van der Waals surface area contributed by atoms with E-state index in [0.29, 0.717) is 24.5 Å². The van der Waals surface area contributed by atoms with Gasteiger partial charge in [0.25, 0.3) is 11.5 Å². The Kier molecular flexibility index (Phi) is 8.25. The highest BCUT2D eigenvalue weighted by molar-refractivity contribution is 6.05. The molecule has 10 nitrogen and oxygen atoms in total. The molecule has 0 aliphatic carbocycles. The second-order valence-electron chi connectivity index (χ2n) is 7.46. The van der Waals surface area contributed by atoms with Crippen molar-refractivity contribution < 1.29 is 23.1 Å². The second kappa shape index (κ2) is 11.3. The van der Waals surface area contributed by atoms with Crippen LogP contribution in [0.2, 0.25) is 0 Å². The molecule has 3 aromatic rings. The topological polar surface area (TPSA) is 133 Å². The molecule has 0 aliphatic heterocycles. The van der Waals surface area contributed by atoms with Gasteiger partial charge in [-0.2, -0.15) is 0 Å². The molecule has 2 aromatic heterocycles. The van der Waals surface area contributed by atoms with Crippen LogP contribution in [0.5, 0.6) is 5.75 Å². The summed E-state index contributed by atoms with van der Waals surface area (Å²) < 4.78 is 30.5. The van der Waals surface area contributed by atoms with Gasteiger partial charge in [0.05, 0.1) is 13.2 Å². The Bertz CT molecular complexity index is 1230. The molecular formula is C23H27FN4O6. The zero-order valence-corrected chi connectivity index (χ0v) is 19.0. The van der Waals surface area contributed by atoms with Crippen LogP contribution in [0.15, 0.2) is 50.4 Å². The predicted molar refractivity (Wildman–Crippen MR) is 124 cm³/mol. The number of halogens is 1. The average Bonchev–Trinajstić information content (AvgIpc) is 3.29. The van der Waals surface area contributed by atoms with E-state index in [1.807, 2.05) is 6.92 Å². The quantitative estimate of drug-likeness (QED) is 0.436. The molecule has 1 amide bonds. The molecule has 0 bridgehead atoms. The third kappa shape index (κ3) is 5.73. The van der Waals surface area contributed by atoms with Gasteiger partial charge in [-0.25, -0.2) is 9.18 Å². The number of nitrogens with zero attached hydrogens (tertiary/aromatic N) is 2. The number of methoxy groups -OCH3 is 1. The molecule has 0 radical (unpaired) electrons. The van der Waals surface area contributed by atoms with E-state index in [1.54, 1.807) is 6.07 Å². The number of amides is 1. The van der Waals surface area contributed by atoms with Crippen LogP contribution in [-0.2, 0) is 17.9 Å². The molecule has 11 heteroatoms. The lowest BCUT2D eigenvalue weighted by Gasteiger charge is -2.23. The number of furan rings is 1. The molecule has 2 heterocycles. The summed E-state index contributed by atoms with van der Waals surface area (Å²) in [5.74, 6) is -0.417. The van der Waals surface area contributed by atoms with Gasteiger partial charge < -0.3 is 19.6 Å². The number of hydrogen-bond acceptors (Lipinski definition) is 7. The highest BCUT2D eigenvalue weighted by atomic mass is 19.1. The lowest BCUT2D eigenvalue weighted by molar-refractivity contribution is 0.0945. The third-order valence-corrected chi connectivity index (χ3v) is 5.05. The van der Waals surface area contributed by atoms with Gasteiger partial charge in [-0.15, -0.1) is 0 Å². The van der Waals surface area contributed by atoms with E-state index in [2.05, 4.69) is 4.98 Å². The summed E-state index contributed by atoms with van der Waals surface area (Å²) in [6, 6.07) is 8.48. The molecule has 0 spiro atoms. The molecule has 182 valence electrons. The Morgan fingerprint density at radius 3 is 2.62 bits per heavy atom. The Hall–Kier alpha value is -3.86. The molecule has 3 rings (SSSR count). The molecule has 1 aromatic carbocycles. The summed E-state index contributed by atoms with van der Waals surface area (Å²) in [6.07, 6.45) is 1.47. The van der Waals surface area contributed by atoms with Crippen molar-refractivity contribution in [2.75, 3.05) is 30.9 Å². The van der Waals surface area contributed by atoms with E-state index in [9.17, 15) is 18.8 Å². The summed E-state index contributed by atoms with van der Waals surface area (Å²) in [5, 5.41) is 0. The molecule has 0 unspecified atom stereocenters. The number of carbonyl (C=O) groups is 1. The standard InChI is InChI=1S/C23H27FN4O6/c1-3-4-11-28-20(25)19(21(29)26-23(28)31)27(12-13-32-2)22(30)18-10-9-17(34-18)14-33-16-7-5-15(24)6-8-16/h5-10H,3-4,11-14,25H2,1-2H3,(H,26,29,31). The van der Waals surface area contributed by atoms with Gasteiger partial charge in [-0.05, 0) is 42.8 Å². The fraction of sp³-hybridized carbons (Fsp3) is 0.348. The highest BCUT2D eigenvalue weighted by Crippen LogP contribution is 2.21. The first-order chi connectivity index (χ1) is 16.3. The van der Waals surface area contributed by atoms with Crippen LogP contribution in [0.25, 0.3) is 0 Å². The van der Waals surface area contributed by atoms with E-state index in [4.69, 9.17) is 19.6 Å². The first kappa shape index (κ1) is 24.8. The number of nitrogens with two attached hydrogens (primary N) is 1. The maximum absolute atomic E-state index is 13.3. The summed E-state index contributed by atoms with van der Waals surface area (Å²) in [6.45, 7) is 2.36. The number of unbranched alkanes of at least 4 members (excludes halogenated alkanes) is 1. The van der Waals surface area contributed by atoms with Gasteiger partial charge >= 0.3 is 5.69 Å². The minimum atomic E-state index is -0.786. The molecular weight excluding hydrogens is 447 g/mol. The number of aromatic amines is 1. The lowest BCUT2D eigenvalue weighted by atomic mass is 10.3. The van der Waals surface area contributed by atoms with Crippen molar-refractivity contribution in [1.29, 1.82) is 0 Å². The van der Waals surface area contributed by atoms with Crippen LogP contribution in [0.1, 0.15) is 36.1 Å². The van der Waals surface area contributed by atoms with Crippen molar-refractivity contribution >= 4 is 17.4 Å².